The Balaban J connectivity index is 1.38. The fourth-order valence-electron chi connectivity index (χ4n) is 4.00. The minimum atomic E-state index is 0.0444. The molecule has 2 aromatic rings. The molecule has 2 aliphatic rings. The molecule has 0 saturated carbocycles. The second-order valence-corrected chi connectivity index (χ2v) is 7.19. The van der Waals surface area contributed by atoms with Gasteiger partial charge in [-0.15, -0.1) is 0 Å². The minimum absolute atomic E-state index is 0.0444. The first kappa shape index (κ1) is 16.8. The third-order valence-electron chi connectivity index (χ3n) is 5.49. The van der Waals surface area contributed by atoms with Crippen LogP contribution in [-0.2, 0) is 22.6 Å². The van der Waals surface area contributed by atoms with Gasteiger partial charge in [0.15, 0.2) is 0 Å². The Hall–Kier alpha value is -1.69. The minimum Gasteiger partial charge on any atom is -0.381 e. The van der Waals surface area contributed by atoms with Crippen LogP contribution in [0.5, 0.6) is 0 Å². The van der Waals surface area contributed by atoms with Crippen molar-refractivity contribution in [2.24, 2.45) is 0 Å². The average molecular weight is 341 g/mol. The highest BCUT2D eigenvalue weighted by Crippen LogP contribution is 2.34. The monoisotopic (exact) mass is 341 g/mol. The lowest BCUT2D eigenvalue weighted by Crippen LogP contribution is -2.49. The molecule has 134 valence electrons. The van der Waals surface area contributed by atoms with Gasteiger partial charge in [-0.2, -0.15) is 5.10 Å². The first-order valence-corrected chi connectivity index (χ1v) is 9.32. The molecule has 25 heavy (non-hydrogen) atoms. The van der Waals surface area contributed by atoms with Crippen molar-refractivity contribution in [3.63, 3.8) is 0 Å². The quantitative estimate of drug-likeness (QED) is 0.908. The Morgan fingerprint density at radius 2 is 1.96 bits per heavy atom. The lowest BCUT2D eigenvalue weighted by molar-refractivity contribution is -0.140. The van der Waals surface area contributed by atoms with E-state index in [1.165, 1.54) is 11.1 Å². The maximum atomic E-state index is 6.15. The number of hydrogen-bond donors (Lipinski definition) is 1. The summed E-state index contributed by atoms with van der Waals surface area (Å²) in [7, 11) is 0. The van der Waals surface area contributed by atoms with Gasteiger partial charge in [-0.25, -0.2) is 0 Å². The smallest absolute Gasteiger partial charge is 0.0741 e. The Labute approximate surface area is 149 Å². The van der Waals surface area contributed by atoms with E-state index in [-0.39, 0.29) is 5.60 Å². The summed E-state index contributed by atoms with van der Waals surface area (Å²) in [6.45, 7) is 4.24. The Kier molecular flexibility index (Phi) is 5.15. The molecule has 1 aromatic heterocycles. The number of rotatable bonds is 5. The standard InChI is InChI=1S/C20H27N3O2/c1-2-5-18(16-23-10-3-9-22-23)17(4-1)15-21-19-6-11-25-20(14-19)7-12-24-13-8-20/h1-5,9-10,19,21H,6-8,11-16H2/t19-/m1/s1. The van der Waals surface area contributed by atoms with Gasteiger partial charge in [-0.1, -0.05) is 24.3 Å². The molecule has 4 rings (SSSR count). The molecule has 2 aliphatic heterocycles. The maximum absolute atomic E-state index is 6.15. The van der Waals surface area contributed by atoms with Gasteiger partial charge in [-0.3, -0.25) is 4.68 Å². The highest BCUT2D eigenvalue weighted by molar-refractivity contribution is 5.27. The molecule has 5 nitrogen and oxygen atoms in total. The van der Waals surface area contributed by atoms with E-state index in [0.717, 1.165) is 58.6 Å². The Morgan fingerprint density at radius 1 is 1.12 bits per heavy atom. The molecule has 1 aromatic carbocycles. The van der Waals surface area contributed by atoms with Crippen LogP contribution in [0.1, 0.15) is 36.8 Å². The van der Waals surface area contributed by atoms with Crippen LogP contribution in [0.3, 0.4) is 0 Å². The first-order valence-electron chi connectivity index (χ1n) is 9.32. The van der Waals surface area contributed by atoms with Crippen LogP contribution in [0, 0.1) is 0 Å². The predicted molar refractivity (Wildman–Crippen MR) is 96.4 cm³/mol. The van der Waals surface area contributed by atoms with Crippen molar-refractivity contribution in [1.82, 2.24) is 15.1 Å². The van der Waals surface area contributed by atoms with E-state index in [1.807, 2.05) is 23.1 Å². The summed E-state index contributed by atoms with van der Waals surface area (Å²) in [6, 6.07) is 11.1. The van der Waals surface area contributed by atoms with E-state index in [1.54, 1.807) is 0 Å². The van der Waals surface area contributed by atoms with Crippen LogP contribution in [0.25, 0.3) is 0 Å². The Bertz CT molecular complexity index is 660. The van der Waals surface area contributed by atoms with Gasteiger partial charge < -0.3 is 14.8 Å². The molecule has 3 heterocycles. The zero-order valence-electron chi connectivity index (χ0n) is 14.7. The number of nitrogens with one attached hydrogen (secondary N) is 1. The molecule has 0 aliphatic carbocycles. The third-order valence-corrected chi connectivity index (χ3v) is 5.49. The molecule has 5 heteroatoms. The van der Waals surface area contributed by atoms with Gasteiger partial charge in [0.25, 0.3) is 0 Å². The van der Waals surface area contributed by atoms with E-state index in [2.05, 4.69) is 34.7 Å². The van der Waals surface area contributed by atoms with Crippen molar-refractivity contribution in [2.75, 3.05) is 19.8 Å². The van der Waals surface area contributed by atoms with Crippen molar-refractivity contribution >= 4 is 0 Å². The molecular formula is C20H27N3O2. The number of hydrogen-bond acceptors (Lipinski definition) is 4. The zero-order valence-corrected chi connectivity index (χ0v) is 14.7. The van der Waals surface area contributed by atoms with E-state index >= 15 is 0 Å². The first-order chi connectivity index (χ1) is 12.3. The molecule has 1 N–H and O–H groups in total. The predicted octanol–water partition coefficient (Wildman–Crippen LogP) is 2.75. The normalized spacial score (nSPS) is 23.0. The summed E-state index contributed by atoms with van der Waals surface area (Å²) < 4.78 is 13.6. The van der Waals surface area contributed by atoms with Gasteiger partial charge in [0.2, 0.25) is 0 Å². The van der Waals surface area contributed by atoms with E-state index < -0.39 is 0 Å². The van der Waals surface area contributed by atoms with Crippen molar-refractivity contribution < 1.29 is 9.47 Å². The largest absolute Gasteiger partial charge is 0.381 e. The topological polar surface area (TPSA) is 48.3 Å². The molecule has 1 spiro atoms. The molecule has 0 unspecified atom stereocenters. The fourth-order valence-corrected chi connectivity index (χ4v) is 4.00. The summed E-state index contributed by atoms with van der Waals surface area (Å²) in [5, 5.41) is 8.11. The number of nitrogens with zero attached hydrogens (tertiary/aromatic N) is 2. The zero-order chi connectivity index (χ0) is 17.0. The van der Waals surface area contributed by atoms with E-state index in [9.17, 15) is 0 Å². The summed E-state index contributed by atoms with van der Waals surface area (Å²) >= 11 is 0. The summed E-state index contributed by atoms with van der Waals surface area (Å²) in [4.78, 5) is 0. The van der Waals surface area contributed by atoms with Crippen LogP contribution in [0.2, 0.25) is 0 Å². The second-order valence-electron chi connectivity index (χ2n) is 7.19. The molecule has 0 bridgehead atoms. The summed E-state index contributed by atoms with van der Waals surface area (Å²) in [6.07, 6.45) is 8.08. The van der Waals surface area contributed by atoms with Gasteiger partial charge >= 0.3 is 0 Å². The van der Waals surface area contributed by atoms with Gasteiger partial charge in [0.05, 0.1) is 12.1 Å². The molecule has 0 radical (unpaired) electrons. The molecule has 2 fully saturated rings. The van der Waals surface area contributed by atoms with Crippen molar-refractivity contribution in [2.45, 2.75) is 50.4 Å². The van der Waals surface area contributed by atoms with Crippen LogP contribution in [0.4, 0.5) is 0 Å². The molecular weight excluding hydrogens is 314 g/mol. The van der Waals surface area contributed by atoms with Crippen LogP contribution < -0.4 is 5.32 Å². The van der Waals surface area contributed by atoms with Crippen molar-refractivity contribution in [3.8, 4) is 0 Å². The second kappa shape index (κ2) is 7.68. The molecule has 1 atom stereocenters. The van der Waals surface area contributed by atoms with Crippen LogP contribution in [-0.4, -0.2) is 41.2 Å². The average Bonchev–Trinajstić information content (AvgIpc) is 3.15. The molecule has 2 saturated heterocycles. The number of ether oxygens (including phenoxy) is 2. The fraction of sp³-hybridized carbons (Fsp3) is 0.550. The number of aromatic nitrogens is 2. The highest BCUT2D eigenvalue weighted by Gasteiger charge is 2.38. The van der Waals surface area contributed by atoms with Crippen LogP contribution in [0.15, 0.2) is 42.7 Å². The lowest BCUT2D eigenvalue weighted by Gasteiger charge is -2.43. The summed E-state index contributed by atoms with van der Waals surface area (Å²) in [5.74, 6) is 0. The molecule has 0 amide bonds. The van der Waals surface area contributed by atoms with Crippen molar-refractivity contribution in [3.05, 3.63) is 53.9 Å². The lowest BCUT2D eigenvalue weighted by atomic mass is 9.84. The number of benzene rings is 1. The summed E-state index contributed by atoms with van der Waals surface area (Å²) in [5.41, 5.74) is 2.72. The SMILES string of the molecule is c1ccc(Cn2cccn2)c(CN[C@@H]2CCOC3(CCOCC3)C2)c1. The van der Waals surface area contributed by atoms with E-state index in [4.69, 9.17) is 9.47 Å². The van der Waals surface area contributed by atoms with Gasteiger partial charge in [-0.05, 0) is 42.9 Å². The highest BCUT2D eigenvalue weighted by atomic mass is 16.5. The van der Waals surface area contributed by atoms with Crippen LogP contribution >= 0.6 is 0 Å². The van der Waals surface area contributed by atoms with E-state index in [0.29, 0.717) is 6.04 Å². The Morgan fingerprint density at radius 3 is 2.76 bits per heavy atom. The third kappa shape index (κ3) is 4.11. The van der Waals surface area contributed by atoms with Crippen molar-refractivity contribution in [1.29, 1.82) is 0 Å². The van der Waals surface area contributed by atoms with Gasteiger partial charge in [0.1, 0.15) is 0 Å². The maximum Gasteiger partial charge on any atom is 0.0741 e. The van der Waals surface area contributed by atoms with Gasteiger partial charge in [0, 0.05) is 44.8 Å².